The summed E-state index contributed by atoms with van der Waals surface area (Å²) in [6, 6.07) is 17.4. The van der Waals surface area contributed by atoms with Crippen molar-refractivity contribution in [3.63, 3.8) is 0 Å². The summed E-state index contributed by atoms with van der Waals surface area (Å²) in [6.45, 7) is 20.6. The average Bonchev–Trinajstić information content (AvgIpc) is 3.20. The van der Waals surface area contributed by atoms with Gasteiger partial charge >= 0.3 is 5.70 Å². The number of rotatable bonds is 11. The van der Waals surface area contributed by atoms with Gasteiger partial charge in [0.15, 0.2) is 0 Å². The fourth-order valence-corrected chi connectivity index (χ4v) is 4.46. The Morgan fingerprint density at radius 1 is 0.941 bits per heavy atom. The van der Waals surface area contributed by atoms with Gasteiger partial charge in [-0.25, -0.2) is 10.1 Å². The maximum atomic E-state index is 9.59. The molecule has 6 heteroatoms. The molecule has 0 aliphatic carbocycles. The molecule has 3 rings (SSSR count). The average molecular weight is 457 g/mol. The molecule has 0 atom stereocenters. The number of hydrogen-bond donors (Lipinski definition) is 2. The van der Waals surface area contributed by atoms with Crippen molar-refractivity contribution >= 4 is 0 Å². The van der Waals surface area contributed by atoms with E-state index in [1.807, 2.05) is 0 Å². The Bertz CT molecular complexity index is 1020. The standard InChI is InChI=1S/C28H36N6/c1-5-10-31-19-24-6-8-25(9-7-24)20-32-11-12-33-13-14-34(28(33)27(18-29)30-4)21-26-16-22(2)15-23(3)17-26/h6-9,15-17,31-32H,5,10-14,19-21H2,1-3H3. The Hall–Kier alpha value is -3.32. The molecule has 2 N–H and O–H groups in total. The van der Waals surface area contributed by atoms with Crippen LogP contribution in [0.15, 0.2) is 54.0 Å². The molecule has 0 unspecified atom stereocenters. The van der Waals surface area contributed by atoms with Crippen LogP contribution in [0, 0.1) is 31.8 Å². The van der Waals surface area contributed by atoms with Crippen molar-refractivity contribution in [2.75, 3.05) is 32.7 Å². The largest absolute Gasteiger partial charge is 0.363 e. The van der Waals surface area contributed by atoms with Gasteiger partial charge < -0.3 is 20.4 Å². The minimum absolute atomic E-state index is 0.175. The van der Waals surface area contributed by atoms with Gasteiger partial charge in [-0.3, -0.25) is 0 Å². The number of benzene rings is 2. The summed E-state index contributed by atoms with van der Waals surface area (Å²) < 4.78 is 0. The van der Waals surface area contributed by atoms with Gasteiger partial charge in [-0.2, -0.15) is 0 Å². The van der Waals surface area contributed by atoms with Gasteiger partial charge in [0, 0.05) is 45.8 Å². The molecular weight excluding hydrogens is 420 g/mol. The molecular formula is C28H36N6. The first-order valence-electron chi connectivity index (χ1n) is 12.1. The maximum absolute atomic E-state index is 9.59. The molecule has 2 aromatic carbocycles. The fraction of sp³-hybridized carbons (Fsp3) is 0.429. The van der Waals surface area contributed by atoms with Crippen molar-refractivity contribution in [2.45, 2.75) is 46.8 Å². The minimum Gasteiger partial charge on any atom is -0.363 e. The highest BCUT2D eigenvalue weighted by Gasteiger charge is 2.28. The molecule has 0 bridgehead atoms. The zero-order valence-electron chi connectivity index (χ0n) is 20.7. The smallest absolute Gasteiger partial charge is 0.300 e. The van der Waals surface area contributed by atoms with Crippen molar-refractivity contribution < 1.29 is 0 Å². The molecule has 0 radical (unpaired) electrons. The van der Waals surface area contributed by atoms with Crippen LogP contribution in [0.1, 0.15) is 41.2 Å². The molecule has 6 nitrogen and oxygen atoms in total. The van der Waals surface area contributed by atoms with E-state index in [0.717, 1.165) is 58.1 Å². The Labute approximate surface area is 204 Å². The molecule has 1 fully saturated rings. The third-order valence-electron chi connectivity index (χ3n) is 5.99. The van der Waals surface area contributed by atoms with E-state index in [1.165, 1.54) is 27.8 Å². The Morgan fingerprint density at radius 3 is 2.09 bits per heavy atom. The lowest BCUT2D eigenvalue weighted by atomic mass is 10.1. The summed E-state index contributed by atoms with van der Waals surface area (Å²) in [5.74, 6) is 0.766. The summed E-state index contributed by atoms with van der Waals surface area (Å²) in [5, 5.41) is 16.5. The third kappa shape index (κ3) is 7.09. The predicted molar refractivity (Wildman–Crippen MR) is 137 cm³/mol. The van der Waals surface area contributed by atoms with Crippen LogP contribution in [0.5, 0.6) is 0 Å². The molecule has 1 aliphatic rings. The second-order valence-electron chi connectivity index (χ2n) is 8.97. The normalized spacial score (nSPS) is 14.7. The first-order valence-corrected chi connectivity index (χ1v) is 12.1. The number of nitrogens with one attached hydrogen (secondary N) is 2. The van der Waals surface area contributed by atoms with Crippen LogP contribution in [0.3, 0.4) is 0 Å². The Kier molecular flexibility index (Phi) is 9.52. The molecule has 34 heavy (non-hydrogen) atoms. The molecule has 1 heterocycles. The van der Waals surface area contributed by atoms with E-state index >= 15 is 0 Å². The molecule has 1 aliphatic heterocycles. The maximum Gasteiger partial charge on any atom is 0.300 e. The molecule has 0 saturated carbocycles. The summed E-state index contributed by atoms with van der Waals surface area (Å²) >= 11 is 0. The zero-order valence-corrected chi connectivity index (χ0v) is 20.7. The molecule has 2 aromatic rings. The van der Waals surface area contributed by atoms with Gasteiger partial charge in [-0.1, -0.05) is 60.5 Å². The van der Waals surface area contributed by atoms with Crippen molar-refractivity contribution in [3.05, 3.63) is 93.2 Å². The molecule has 178 valence electrons. The monoisotopic (exact) mass is 456 g/mol. The summed E-state index contributed by atoms with van der Waals surface area (Å²) in [6.07, 6.45) is 1.14. The van der Waals surface area contributed by atoms with E-state index in [0.29, 0.717) is 6.54 Å². The fourth-order valence-electron chi connectivity index (χ4n) is 4.46. The van der Waals surface area contributed by atoms with Gasteiger partial charge in [0.05, 0.1) is 12.6 Å². The summed E-state index contributed by atoms with van der Waals surface area (Å²) in [7, 11) is 0. The number of hydrogen-bond acceptors (Lipinski definition) is 5. The van der Waals surface area contributed by atoms with Crippen LogP contribution in [0.2, 0.25) is 0 Å². The second kappa shape index (κ2) is 12.8. The Morgan fingerprint density at radius 2 is 1.53 bits per heavy atom. The Balaban J connectivity index is 1.56. The van der Waals surface area contributed by atoms with Crippen LogP contribution in [-0.4, -0.2) is 42.5 Å². The highest BCUT2D eigenvalue weighted by molar-refractivity contribution is 5.35. The van der Waals surface area contributed by atoms with Gasteiger partial charge in [-0.15, -0.1) is 0 Å². The number of allylic oxidation sites excluding steroid dienone is 1. The van der Waals surface area contributed by atoms with E-state index in [9.17, 15) is 5.26 Å². The van der Waals surface area contributed by atoms with E-state index < -0.39 is 0 Å². The van der Waals surface area contributed by atoms with Gasteiger partial charge in [0.1, 0.15) is 5.82 Å². The van der Waals surface area contributed by atoms with E-state index in [-0.39, 0.29) is 5.70 Å². The van der Waals surface area contributed by atoms with Crippen molar-refractivity contribution in [1.82, 2.24) is 20.4 Å². The summed E-state index contributed by atoms with van der Waals surface area (Å²) in [4.78, 5) is 7.89. The highest BCUT2D eigenvalue weighted by atomic mass is 15.4. The highest BCUT2D eigenvalue weighted by Crippen LogP contribution is 2.25. The quantitative estimate of drug-likeness (QED) is 0.300. The minimum atomic E-state index is 0.175. The second-order valence-corrected chi connectivity index (χ2v) is 8.97. The van der Waals surface area contributed by atoms with E-state index in [4.69, 9.17) is 6.57 Å². The van der Waals surface area contributed by atoms with Crippen LogP contribution < -0.4 is 10.6 Å². The number of nitriles is 1. The molecule has 0 spiro atoms. The van der Waals surface area contributed by atoms with Crippen LogP contribution in [0.4, 0.5) is 0 Å². The molecule has 0 amide bonds. The van der Waals surface area contributed by atoms with Crippen LogP contribution in [-0.2, 0) is 19.6 Å². The molecule has 1 saturated heterocycles. The number of aryl methyl sites for hydroxylation is 2. The van der Waals surface area contributed by atoms with Crippen molar-refractivity contribution in [2.24, 2.45) is 0 Å². The van der Waals surface area contributed by atoms with Gasteiger partial charge in [-0.05, 0) is 43.5 Å². The van der Waals surface area contributed by atoms with Crippen molar-refractivity contribution in [3.8, 4) is 6.07 Å². The first kappa shape index (κ1) is 25.3. The topological polar surface area (TPSA) is 58.7 Å². The van der Waals surface area contributed by atoms with Crippen LogP contribution >= 0.6 is 0 Å². The lowest BCUT2D eigenvalue weighted by Crippen LogP contribution is -2.31. The first-order chi connectivity index (χ1) is 16.5. The van der Waals surface area contributed by atoms with Gasteiger partial charge in [0.2, 0.25) is 0 Å². The third-order valence-corrected chi connectivity index (χ3v) is 5.99. The lowest BCUT2D eigenvalue weighted by Gasteiger charge is -2.26. The molecule has 0 aromatic heterocycles. The van der Waals surface area contributed by atoms with Crippen LogP contribution in [0.25, 0.3) is 4.85 Å². The van der Waals surface area contributed by atoms with Gasteiger partial charge in [0.25, 0.3) is 0 Å². The number of nitrogens with zero attached hydrogens (tertiary/aromatic N) is 4. The van der Waals surface area contributed by atoms with E-state index in [2.05, 4.69) is 94.6 Å². The predicted octanol–water partition coefficient (Wildman–Crippen LogP) is 4.32. The lowest BCUT2D eigenvalue weighted by molar-refractivity contribution is 0.326. The van der Waals surface area contributed by atoms with E-state index in [1.54, 1.807) is 0 Å². The van der Waals surface area contributed by atoms with Crippen molar-refractivity contribution in [1.29, 1.82) is 5.26 Å². The zero-order chi connectivity index (χ0) is 24.3. The summed E-state index contributed by atoms with van der Waals surface area (Å²) in [5.41, 5.74) is 6.41. The SMILES string of the molecule is [C-]#[N+]C(C#N)=C1N(CCNCc2ccc(CNCCC)cc2)CCN1Cc1cc(C)cc(C)c1.